The van der Waals surface area contributed by atoms with E-state index in [-0.39, 0.29) is 12.1 Å². The van der Waals surface area contributed by atoms with Gasteiger partial charge in [0.1, 0.15) is 0 Å². The zero-order chi connectivity index (χ0) is 11.8. The maximum Gasteiger partial charge on any atom is 0.317 e. The molecule has 0 saturated carbocycles. The topological polar surface area (TPSA) is 58.4 Å². The minimum Gasteiger partial charge on any atom is -0.336 e. The summed E-state index contributed by atoms with van der Waals surface area (Å²) in [5.41, 5.74) is 5.86. The van der Waals surface area contributed by atoms with Crippen LogP contribution in [0, 0.1) is 0 Å². The number of nitrogens with zero attached hydrogens (tertiary/aromatic N) is 1. The van der Waals surface area contributed by atoms with Crippen molar-refractivity contribution < 1.29 is 4.79 Å². The molecular weight excluding hydrogens is 202 g/mol. The molecule has 0 bridgehead atoms. The molecule has 3 N–H and O–H groups in total. The van der Waals surface area contributed by atoms with Crippen LogP contribution < -0.4 is 11.1 Å². The van der Waals surface area contributed by atoms with Crippen molar-refractivity contribution in [3.05, 3.63) is 0 Å². The monoisotopic (exact) mass is 227 g/mol. The van der Waals surface area contributed by atoms with Crippen LogP contribution in [0.4, 0.5) is 4.79 Å². The summed E-state index contributed by atoms with van der Waals surface area (Å²) in [5, 5.41) is 2.93. The van der Waals surface area contributed by atoms with Gasteiger partial charge in [0.25, 0.3) is 0 Å². The first kappa shape index (κ1) is 13.3. The number of likely N-dealkylation sites (tertiary alicyclic amines) is 1. The first-order valence-electron chi connectivity index (χ1n) is 6.52. The van der Waals surface area contributed by atoms with Gasteiger partial charge in [-0.05, 0) is 19.3 Å². The molecule has 1 unspecified atom stereocenters. The fourth-order valence-corrected chi connectivity index (χ4v) is 2.08. The van der Waals surface area contributed by atoms with Crippen LogP contribution in [0.25, 0.3) is 0 Å². The highest BCUT2D eigenvalue weighted by molar-refractivity contribution is 5.74. The molecule has 0 aromatic heterocycles. The lowest BCUT2D eigenvalue weighted by Gasteiger charge is -2.22. The highest BCUT2D eigenvalue weighted by Crippen LogP contribution is 2.09. The summed E-state index contributed by atoms with van der Waals surface area (Å²) in [6.45, 7) is 4.50. The van der Waals surface area contributed by atoms with Crippen molar-refractivity contribution in [1.29, 1.82) is 0 Å². The Morgan fingerprint density at radius 3 is 2.50 bits per heavy atom. The molecule has 1 fully saturated rings. The standard InChI is InChI=1S/C12H25N3O/c1-2-7-11(13)10-14-12(16)15-8-5-3-4-6-9-15/h11H,2-10,13H2,1H3,(H,14,16). The third kappa shape index (κ3) is 4.84. The second kappa shape index (κ2) is 7.49. The van der Waals surface area contributed by atoms with E-state index in [0.717, 1.165) is 38.8 Å². The van der Waals surface area contributed by atoms with E-state index in [2.05, 4.69) is 12.2 Å². The molecule has 2 amide bonds. The predicted octanol–water partition coefficient (Wildman–Crippen LogP) is 1.70. The smallest absolute Gasteiger partial charge is 0.317 e. The summed E-state index contributed by atoms with van der Waals surface area (Å²) in [7, 11) is 0. The van der Waals surface area contributed by atoms with Gasteiger partial charge in [-0.25, -0.2) is 4.79 Å². The molecular formula is C12H25N3O. The van der Waals surface area contributed by atoms with Gasteiger partial charge in [-0.3, -0.25) is 0 Å². The van der Waals surface area contributed by atoms with Gasteiger partial charge in [0.05, 0.1) is 0 Å². The molecule has 1 aliphatic rings. The van der Waals surface area contributed by atoms with Crippen LogP contribution in [-0.4, -0.2) is 36.6 Å². The lowest BCUT2D eigenvalue weighted by molar-refractivity contribution is 0.199. The molecule has 1 saturated heterocycles. The molecule has 94 valence electrons. The maximum absolute atomic E-state index is 11.8. The fourth-order valence-electron chi connectivity index (χ4n) is 2.08. The largest absolute Gasteiger partial charge is 0.336 e. The lowest BCUT2D eigenvalue weighted by atomic mass is 10.2. The first-order chi connectivity index (χ1) is 7.74. The molecule has 4 nitrogen and oxygen atoms in total. The molecule has 1 rings (SSSR count). The Hall–Kier alpha value is -0.770. The molecule has 0 aromatic carbocycles. The van der Waals surface area contributed by atoms with Crippen LogP contribution in [0.3, 0.4) is 0 Å². The average molecular weight is 227 g/mol. The van der Waals surface area contributed by atoms with Gasteiger partial charge in [-0.2, -0.15) is 0 Å². The Morgan fingerprint density at radius 2 is 1.94 bits per heavy atom. The number of amides is 2. The number of hydrogen-bond donors (Lipinski definition) is 2. The third-order valence-corrected chi connectivity index (χ3v) is 3.07. The number of rotatable bonds is 4. The highest BCUT2D eigenvalue weighted by Gasteiger charge is 2.15. The molecule has 0 radical (unpaired) electrons. The van der Waals surface area contributed by atoms with Crippen LogP contribution in [-0.2, 0) is 0 Å². The lowest BCUT2D eigenvalue weighted by Crippen LogP contribution is -2.45. The van der Waals surface area contributed by atoms with Gasteiger partial charge in [-0.1, -0.05) is 26.2 Å². The minimum atomic E-state index is 0.0634. The van der Waals surface area contributed by atoms with Crippen molar-refractivity contribution in [2.24, 2.45) is 5.73 Å². The van der Waals surface area contributed by atoms with Crippen molar-refractivity contribution in [2.75, 3.05) is 19.6 Å². The van der Waals surface area contributed by atoms with E-state index in [9.17, 15) is 4.79 Å². The molecule has 0 aliphatic carbocycles. The van der Waals surface area contributed by atoms with Gasteiger partial charge >= 0.3 is 6.03 Å². The molecule has 0 aromatic rings. The van der Waals surface area contributed by atoms with Crippen molar-refractivity contribution >= 4 is 6.03 Å². The van der Waals surface area contributed by atoms with Crippen LogP contribution in [0.15, 0.2) is 0 Å². The van der Waals surface area contributed by atoms with Crippen LogP contribution >= 0.6 is 0 Å². The van der Waals surface area contributed by atoms with E-state index in [1.165, 1.54) is 12.8 Å². The van der Waals surface area contributed by atoms with Gasteiger partial charge < -0.3 is 16.0 Å². The average Bonchev–Trinajstić information content (AvgIpc) is 2.55. The summed E-state index contributed by atoms with van der Waals surface area (Å²) >= 11 is 0. The van der Waals surface area contributed by atoms with E-state index >= 15 is 0 Å². The summed E-state index contributed by atoms with van der Waals surface area (Å²) in [5.74, 6) is 0. The SMILES string of the molecule is CCCC(N)CNC(=O)N1CCCCCC1. The van der Waals surface area contributed by atoms with Gasteiger partial charge in [0.15, 0.2) is 0 Å². The predicted molar refractivity (Wildman–Crippen MR) is 66.3 cm³/mol. The highest BCUT2D eigenvalue weighted by atomic mass is 16.2. The Balaban J connectivity index is 2.22. The van der Waals surface area contributed by atoms with Gasteiger partial charge in [-0.15, -0.1) is 0 Å². The molecule has 4 heteroatoms. The van der Waals surface area contributed by atoms with E-state index in [0.29, 0.717) is 6.54 Å². The van der Waals surface area contributed by atoms with E-state index in [4.69, 9.17) is 5.73 Å². The van der Waals surface area contributed by atoms with Crippen molar-refractivity contribution in [1.82, 2.24) is 10.2 Å². The number of nitrogens with one attached hydrogen (secondary N) is 1. The maximum atomic E-state index is 11.8. The quantitative estimate of drug-likeness (QED) is 0.768. The summed E-state index contributed by atoms with van der Waals surface area (Å²) in [4.78, 5) is 13.7. The fraction of sp³-hybridized carbons (Fsp3) is 0.917. The molecule has 1 aliphatic heterocycles. The second-order valence-corrected chi connectivity index (χ2v) is 4.64. The summed E-state index contributed by atoms with van der Waals surface area (Å²) in [6, 6.07) is 0.161. The first-order valence-corrected chi connectivity index (χ1v) is 6.52. The number of nitrogens with two attached hydrogens (primary N) is 1. The van der Waals surface area contributed by atoms with E-state index in [1.807, 2.05) is 4.90 Å². The Labute approximate surface area is 98.6 Å². The number of carbonyl (C=O) groups excluding carboxylic acids is 1. The van der Waals surface area contributed by atoms with Crippen molar-refractivity contribution in [3.8, 4) is 0 Å². The molecule has 0 spiro atoms. The second-order valence-electron chi connectivity index (χ2n) is 4.64. The van der Waals surface area contributed by atoms with Crippen LogP contribution in [0.1, 0.15) is 45.4 Å². The summed E-state index contributed by atoms with van der Waals surface area (Å²) in [6.07, 6.45) is 6.81. The van der Waals surface area contributed by atoms with Gasteiger partial charge in [0.2, 0.25) is 0 Å². The number of urea groups is 1. The van der Waals surface area contributed by atoms with Gasteiger partial charge in [0, 0.05) is 25.7 Å². The van der Waals surface area contributed by atoms with Crippen LogP contribution in [0.5, 0.6) is 0 Å². The number of carbonyl (C=O) groups is 1. The van der Waals surface area contributed by atoms with Crippen molar-refractivity contribution in [3.63, 3.8) is 0 Å². The van der Waals surface area contributed by atoms with Crippen LogP contribution in [0.2, 0.25) is 0 Å². The number of hydrogen-bond acceptors (Lipinski definition) is 2. The zero-order valence-corrected chi connectivity index (χ0v) is 10.4. The zero-order valence-electron chi connectivity index (χ0n) is 10.4. The molecule has 1 atom stereocenters. The van der Waals surface area contributed by atoms with E-state index < -0.39 is 0 Å². The molecule has 16 heavy (non-hydrogen) atoms. The Kier molecular flexibility index (Phi) is 6.23. The minimum absolute atomic E-state index is 0.0634. The third-order valence-electron chi connectivity index (χ3n) is 3.07. The molecule has 1 heterocycles. The summed E-state index contributed by atoms with van der Waals surface area (Å²) < 4.78 is 0. The normalized spacial score (nSPS) is 19.0. The Bertz CT molecular complexity index is 200. The van der Waals surface area contributed by atoms with Crippen molar-refractivity contribution in [2.45, 2.75) is 51.5 Å². The Morgan fingerprint density at radius 1 is 1.31 bits per heavy atom. The van der Waals surface area contributed by atoms with E-state index in [1.54, 1.807) is 0 Å².